The Bertz CT molecular complexity index is 2720. The van der Waals surface area contributed by atoms with Gasteiger partial charge in [0.1, 0.15) is 18.3 Å². The van der Waals surface area contributed by atoms with Gasteiger partial charge in [-0.2, -0.15) is 4.31 Å². The third kappa shape index (κ3) is 7.65. The molecule has 1 aromatic heterocycles. The van der Waals surface area contributed by atoms with Gasteiger partial charge in [0.2, 0.25) is 27.8 Å². The monoisotopic (exact) mass is 909 g/mol. The third-order valence-electron chi connectivity index (χ3n) is 14.0. The Morgan fingerprint density at radius 1 is 0.877 bits per heavy atom. The van der Waals surface area contributed by atoms with Gasteiger partial charge in [0.15, 0.2) is 17.4 Å². The normalized spacial score (nSPS) is 21.6. The van der Waals surface area contributed by atoms with Gasteiger partial charge < -0.3 is 19.9 Å². The number of ether oxygens (including phenoxy) is 1. The maximum atomic E-state index is 15.2. The number of carbonyl (C=O) groups excluding carboxylic acids is 4. The second kappa shape index (κ2) is 16.4. The third-order valence-corrected chi connectivity index (χ3v) is 16.0. The number of benzene rings is 3. The van der Waals surface area contributed by atoms with Crippen molar-refractivity contribution in [2.45, 2.75) is 75.4 Å². The number of rotatable bonds is 9. The van der Waals surface area contributed by atoms with Crippen LogP contribution in [0.3, 0.4) is 0 Å². The summed E-state index contributed by atoms with van der Waals surface area (Å²) in [7, 11) is -3.79. The largest absolute Gasteiger partial charge is 0.486 e. The molecule has 4 fully saturated rings. The predicted octanol–water partition coefficient (Wildman–Crippen LogP) is 4.93. The summed E-state index contributed by atoms with van der Waals surface area (Å²) in [5, 5.41) is 5.26. The number of anilines is 4. The van der Waals surface area contributed by atoms with Crippen molar-refractivity contribution in [3.05, 3.63) is 83.6 Å². The lowest BCUT2D eigenvalue weighted by atomic mass is 9.60. The molecule has 1 saturated carbocycles. The number of hydrogen-bond donors (Lipinski definition) is 2. The van der Waals surface area contributed by atoms with Crippen LogP contribution >= 0.6 is 0 Å². The molecule has 3 saturated heterocycles. The Labute approximate surface area is 375 Å². The molecule has 0 radical (unpaired) electrons. The minimum Gasteiger partial charge on any atom is -0.486 e. The summed E-state index contributed by atoms with van der Waals surface area (Å²) in [5.74, 6) is -3.22. The van der Waals surface area contributed by atoms with E-state index in [9.17, 15) is 27.6 Å². The maximum absolute atomic E-state index is 15.2. The Kier molecular flexibility index (Phi) is 10.8. The van der Waals surface area contributed by atoms with Crippen LogP contribution < -0.4 is 25.2 Å². The van der Waals surface area contributed by atoms with Crippen molar-refractivity contribution in [1.82, 2.24) is 29.4 Å². The molecule has 19 heteroatoms. The Hall–Kier alpha value is -6.05. The lowest BCUT2D eigenvalue weighted by Gasteiger charge is -2.56. The van der Waals surface area contributed by atoms with Crippen LogP contribution in [0, 0.1) is 17.0 Å². The van der Waals surface area contributed by atoms with Gasteiger partial charge in [0.05, 0.1) is 40.1 Å². The van der Waals surface area contributed by atoms with E-state index in [0.717, 1.165) is 36.8 Å². The van der Waals surface area contributed by atoms with E-state index < -0.39 is 51.3 Å². The number of aromatic nitrogens is 2. The summed E-state index contributed by atoms with van der Waals surface area (Å²) in [6.07, 6.45) is 5.02. The SMILES string of the molecule is CC(C)N1CCOc2c(F)cc(-c3nc(Nc4ccc(S(=O)(=O)N5CCN(C6CC7(CCN(c8cccc9c8C(=O)N(C8CCC(=O)NC8=O)C9=O)CC7)C6)CC5)cc4)ncc3F)cc21. The van der Waals surface area contributed by atoms with E-state index in [1.165, 1.54) is 22.5 Å². The molecule has 340 valence electrons. The minimum atomic E-state index is -3.79. The van der Waals surface area contributed by atoms with E-state index in [-0.39, 0.29) is 57.7 Å². The molecule has 1 unspecified atom stereocenters. The van der Waals surface area contributed by atoms with Crippen molar-refractivity contribution in [3.8, 4) is 17.0 Å². The fraction of sp³-hybridized carbons (Fsp3) is 0.435. The summed E-state index contributed by atoms with van der Waals surface area (Å²) in [6.45, 7) is 8.25. The van der Waals surface area contributed by atoms with E-state index >= 15 is 8.78 Å². The molecule has 1 aliphatic carbocycles. The van der Waals surface area contributed by atoms with Gasteiger partial charge in [0, 0.05) is 69.0 Å². The van der Waals surface area contributed by atoms with Crippen LogP contribution in [0.5, 0.6) is 5.75 Å². The number of amides is 4. The Balaban J connectivity index is 0.726. The fourth-order valence-electron chi connectivity index (χ4n) is 10.5. The summed E-state index contributed by atoms with van der Waals surface area (Å²) in [6, 6.07) is 13.7. The second-order valence-corrected chi connectivity index (χ2v) is 20.1. The molecule has 4 aromatic rings. The number of piperazine rings is 1. The maximum Gasteiger partial charge on any atom is 0.264 e. The Morgan fingerprint density at radius 2 is 1.62 bits per heavy atom. The number of fused-ring (bicyclic) bond motifs is 2. The van der Waals surface area contributed by atoms with Crippen molar-refractivity contribution in [2.75, 3.05) is 67.5 Å². The van der Waals surface area contributed by atoms with Gasteiger partial charge >= 0.3 is 0 Å². The lowest BCUT2D eigenvalue weighted by molar-refractivity contribution is -0.136. The van der Waals surface area contributed by atoms with Crippen molar-refractivity contribution < 1.29 is 41.1 Å². The van der Waals surface area contributed by atoms with Gasteiger partial charge in [-0.15, -0.1) is 0 Å². The highest BCUT2D eigenvalue weighted by Crippen LogP contribution is 2.52. The number of nitrogens with one attached hydrogen (secondary N) is 2. The fourth-order valence-corrected chi connectivity index (χ4v) is 11.9. The van der Waals surface area contributed by atoms with Gasteiger partial charge in [-0.1, -0.05) is 6.07 Å². The topological polar surface area (TPSA) is 178 Å². The molecular formula is C46H49F2N9O7S. The summed E-state index contributed by atoms with van der Waals surface area (Å²) >= 11 is 0. The number of nitrogens with zero attached hydrogens (tertiary/aromatic N) is 7. The van der Waals surface area contributed by atoms with Crippen molar-refractivity contribution in [1.29, 1.82) is 0 Å². The quantitative estimate of drug-likeness (QED) is 0.217. The highest BCUT2D eigenvalue weighted by molar-refractivity contribution is 7.89. The van der Waals surface area contributed by atoms with Crippen LogP contribution in [-0.4, -0.2) is 127 Å². The number of imide groups is 2. The zero-order chi connectivity index (χ0) is 45.4. The van der Waals surface area contributed by atoms with Crippen molar-refractivity contribution >= 4 is 56.7 Å². The van der Waals surface area contributed by atoms with Gasteiger partial charge in [-0.05, 0) is 99.9 Å². The van der Waals surface area contributed by atoms with E-state index in [1.54, 1.807) is 30.3 Å². The zero-order valence-electron chi connectivity index (χ0n) is 36.1. The first-order valence-electron chi connectivity index (χ1n) is 22.2. The van der Waals surface area contributed by atoms with E-state index in [4.69, 9.17) is 4.74 Å². The first kappa shape index (κ1) is 42.9. The number of sulfonamides is 1. The smallest absolute Gasteiger partial charge is 0.264 e. The van der Waals surface area contributed by atoms with Crippen LogP contribution in [0.25, 0.3) is 11.3 Å². The van der Waals surface area contributed by atoms with Crippen LogP contribution in [0.4, 0.5) is 31.8 Å². The minimum absolute atomic E-state index is 0.0557. The molecule has 1 atom stereocenters. The molecule has 3 aromatic carbocycles. The number of piperidine rings is 2. The highest BCUT2D eigenvalue weighted by atomic mass is 32.2. The van der Waals surface area contributed by atoms with Crippen LogP contribution in [0.2, 0.25) is 0 Å². The molecule has 16 nitrogen and oxygen atoms in total. The van der Waals surface area contributed by atoms with Crippen LogP contribution in [0.1, 0.15) is 73.1 Å². The molecule has 5 aliphatic heterocycles. The molecule has 6 aliphatic rings. The summed E-state index contributed by atoms with van der Waals surface area (Å²) in [4.78, 5) is 67.5. The second-order valence-electron chi connectivity index (χ2n) is 18.1. The molecular weight excluding hydrogens is 861 g/mol. The predicted molar refractivity (Wildman–Crippen MR) is 235 cm³/mol. The first-order chi connectivity index (χ1) is 31.2. The van der Waals surface area contributed by atoms with Gasteiger partial charge in [0.25, 0.3) is 11.8 Å². The van der Waals surface area contributed by atoms with Crippen LogP contribution in [0.15, 0.2) is 65.7 Å². The molecule has 4 amide bonds. The number of carbonyl (C=O) groups is 4. The average Bonchev–Trinajstić information content (AvgIpc) is 3.54. The lowest BCUT2D eigenvalue weighted by Crippen LogP contribution is -2.59. The van der Waals surface area contributed by atoms with Crippen molar-refractivity contribution in [2.24, 2.45) is 5.41 Å². The standard InChI is InChI=1S/C46H49F2N9O7S/c1-27(2)56-20-21-64-41-33(47)22-28(23-37(41)56)40-34(48)26-49-45(52-40)50-29-6-8-31(9-7-29)65(62,63)55-18-16-53(17-19-55)30-24-46(25-30)12-14-54(15-13-46)35-5-3-4-32-39(35)44(61)57(43(32)60)36-10-11-38(58)51-42(36)59/h3-9,22-23,26-27,30,36H,10-21,24-25H2,1-2H3,(H,49,50,52)(H,51,58,59). The van der Waals surface area contributed by atoms with Gasteiger partial charge in [-0.3, -0.25) is 34.3 Å². The highest BCUT2D eigenvalue weighted by Gasteiger charge is 2.50. The van der Waals surface area contributed by atoms with E-state index in [2.05, 4.69) is 30.4 Å². The molecule has 0 bridgehead atoms. The van der Waals surface area contributed by atoms with E-state index in [1.807, 2.05) is 24.8 Å². The molecule has 6 heterocycles. The molecule has 2 N–H and O–H groups in total. The van der Waals surface area contributed by atoms with Gasteiger partial charge in [-0.25, -0.2) is 27.2 Å². The van der Waals surface area contributed by atoms with Crippen LogP contribution in [-0.2, 0) is 19.6 Å². The molecule has 65 heavy (non-hydrogen) atoms. The van der Waals surface area contributed by atoms with E-state index in [0.29, 0.717) is 81.1 Å². The summed E-state index contributed by atoms with van der Waals surface area (Å²) < 4.78 is 64.9. The van der Waals surface area contributed by atoms with Crippen molar-refractivity contribution in [3.63, 3.8) is 0 Å². The molecule has 1 spiro atoms. The zero-order valence-corrected chi connectivity index (χ0v) is 36.9. The Morgan fingerprint density at radius 3 is 2.32 bits per heavy atom. The average molecular weight is 910 g/mol. The number of hydrogen-bond acceptors (Lipinski definition) is 13. The first-order valence-corrected chi connectivity index (χ1v) is 23.6. The number of halogens is 2. The molecule has 10 rings (SSSR count). The summed E-state index contributed by atoms with van der Waals surface area (Å²) in [5.41, 5.74) is 2.58.